The van der Waals surface area contributed by atoms with Crippen molar-refractivity contribution in [1.82, 2.24) is 15.2 Å². The molecule has 5 nitrogen and oxygen atoms in total. The number of carbonyl (C=O) groups excluding carboxylic acids is 2. The van der Waals surface area contributed by atoms with Gasteiger partial charge in [-0.25, -0.2) is 0 Å². The quantitative estimate of drug-likeness (QED) is 0.900. The van der Waals surface area contributed by atoms with Crippen LogP contribution in [0.4, 0.5) is 0 Å². The molecular formula is C15H21N3O2. The number of piperazine rings is 1. The van der Waals surface area contributed by atoms with E-state index in [1.807, 2.05) is 26.8 Å². The third-order valence-corrected chi connectivity index (χ3v) is 3.29. The summed E-state index contributed by atoms with van der Waals surface area (Å²) in [6.07, 6.45) is 4.19. The van der Waals surface area contributed by atoms with Gasteiger partial charge in [-0.05, 0) is 30.4 Å². The zero-order valence-corrected chi connectivity index (χ0v) is 12.2. The lowest BCUT2D eigenvalue weighted by molar-refractivity contribution is -0.145. The Balaban J connectivity index is 2.10. The van der Waals surface area contributed by atoms with E-state index in [0.29, 0.717) is 18.9 Å². The second-order valence-corrected chi connectivity index (χ2v) is 5.81. The van der Waals surface area contributed by atoms with E-state index in [9.17, 15) is 9.59 Å². The molecule has 0 bridgehead atoms. The molecule has 0 spiro atoms. The van der Waals surface area contributed by atoms with Gasteiger partial charge in [0.15, 0.2) is 0 Å². The highest BCUT2D eigenvalue weighted by atomic mass is 16.2. The molecule has 1 saturated heterocycles. The maximum atomic E-state index is 12.4. The highest BCUT2D eigenvalue weighted by Gasteiger charge is 2.32. The molecule has 1 aromatic rings. The first-order valence-electron chi connectivity index (χ1n) is 6.94. The van der Waals surface area contributed by atoms with Gasteiger partial charge in [-0.2, -0.15) is 0 Å². The summed E-state index contributed by atoms with van der Waals surface area (Å²) < 4.78 is 0. The van der Waals surface area contributed by atoms with E-state index in [-0.39, 0.29) is 18.4 Å². The van der Waals surface area contributed by atoms with E-state index < -0.39 is 6.04 Å². The van der Waals surface area contributed by atoms with E-state index in [0.717, 1.165) is 11.1 Å². The molecule has 0 aliphatic carbocycles. The topological polar surface area (TPSA) is 62.3 Å². The second-order valence-electron chi connectivity index (χ2n) is 5.81. The smallest absolute Gasteiger partial charge is 0.245 e. The lowest BCUT2D eigenvalue weighted by atomic mass is 10.0. The largest absolute Gasteiger partial charge is 0.343 e. The molecule has 1 unspecified atom stereocenters. The third kappa shape index (κ3) is 3.56. The molecule has 1 aliphatic heterocycles. The van der Waals surface area contributed by atoms with Crippen molar-refractivity contribution in [2.75, 3.05) is 6.54 Å². The molecule has 2 rings (SSSR count). The monoisotopic (exact) mass is 275 g/mol. The number of carbonyl (C=O) groups is 2. The van der Waals surface area contributed by atoms with Crippen LogP contribution in [0.1, 0.15) is 31.4 Å². The van der Waals surface area contributed by atoms with Crippen LogP contribution < -0.4 is 5.32 Å². The van der Waals surface area contributed by atoms with Crippen LogP contribution >= 0.6 is 0 Å². The Morgan fingerprint density at radius 1 is 1.40 bits per heavy atom. The molecule has 0 radical (unpaired) electrons. The zero-order valence-electron chi connectivity index (χ0n) is 12.2. The molecule has 1 fully saturated rings. The van der Waals surface area contributed by atoms with Crippen LogP contribution in [0.25, 0.3) is 0 Å². The van der Waals surface area contributed by atoms with Gasteiger partial charge < -0.3 is 10.2 Å². The average Bonchev–Trinajstić information content (AvgIpc) is 2.34. The van der Waals surface area contributed by atoms with Crippen LogP contribution in [0.15, 0.2) is 18.5 Å². The highest BCUT2D eigenvalue weighted by molar-refractivity contribution is 5.94. The fraction of sp³-hybridized carbons (Fsp3) is 0.533. The van der Waals surface area contributed by atoms with Gasteiger partial charge in [0.25, 0.3) is 0 Å². The third-order valence-electron chi connectivity index (χ3n) is 3.29. The number of nitrogens with one attached hydrogen (secondary N) is 1. The van der Waals surface area contributed by atoms with Crippen molar-refractivity contribution in [2.45, 2.75) is 39.8 Å². The Labute approximate surface area is 119 Å². The van der Waals surface area contributed by atoms with Crippen molar-refractivity contribution < 1.29 is 9.59 Å². The summed E-state index contributed by atoms with van der Waals surface area (Å²) in [4.78, 5) is 29.9. The van der Waals surface area contributed by atoms with E-state index in [4.69, 9.17) is 0 Å². The zero-order chi connectivity index (χ0) is 14.7. The molecule has 2 amide bonds. The van der Waals surface area contributed by atoms with Crippen molar-refractivity contribution in [3.8, 4) is 0 Å². The van der Waals surface area contributed by atoms with Crippen LogP contribution in [0.3, 0.4) is 0 Å². The van der Waals surface area contributed by atoms with Gasteiger partial charge in [0.2, 0.25) is 11.8 Å². The summed E-state index contributed by atoms with van der Waals surface area (Å²) in [5, 5.41) is 2.78. The minimum atomic E-state index is -0.394. The molecule has 1 atom stereocenters. The summed E-state index contributed by atoms with van der Waals surface area (Å²) >= 11 is 0. The Morgan fingerprint density at radius 3 is 2.80 bits per heavy atom. The van der Waals surface area contributed by atoms with Gasteiger partial charge in [-0.3, -0.25) is 14.6 Å². The first-order valence-corrected chi connectivity index (χ1v) is 6.94. The SMILES string of the molecule is Cc1cncc(CN2CC(=O)NC(CC(C)C)C2=O)c1. The summed E-state index contributed by atoms with van der Waals surface area (Å²) in [5.41, 5.74) is 2.01. The van der Waals surface area contributed by atoms with E-state index in [1.54, 1.807) is 17.3 Å². The molecule has 1 aromatic heterocycles. The van der Waals surface area contributed by atoms with Crippen LogP contribution in [-0.4, -0.2) is 34.3 Å². The van der Waals surface area contributed by atoms with Crippen molar-refractivity contribution in [3.63, 3.8) is 0 Å². The number of nitrogens with zero attached hydrogens (tertiary/aromatic N) is 2. The fourth-order valence-electron chi connectivity index (χ4n) is 2.46. The molecule has 0 saturated carbocycles. The minimum absolute atomic E-state index is 0.000180. The minimum Gasteiger partial charge on any atom is -0.343 e. The highest BCUT2D eigenvalue weighted by Crippen LogP contribution is 2.14. The number of rotatable bonds is 4. The van der Waals surface area contributed by atoms with Crippen molar-refractivity contribution in [3.05, 3.63) is 29.6 Å². The molecule has 20 heavy (non-hydrogen) atoms. The predicted octanol–water partition coefficient (Wildman–Crippen LogP) is 1.26. The molecule has 108 valence electrons. The summed E-state index contributed by atoms with van der Waals surface area (Å²) in [7, 11) is 0. The Bertz CT molecular complexity index is 514. The maximum absolute atomic E-state index is 12.4. The van der Waals surface area contributed by atoms with Crippen molar-refractivity contribution in [2.24, 2.45) is 5.92 Å². The molecular weight excluding hydrogens is 254 g/mol. The summed E-state index contributed by atoms with van der Waals surface area (Å²) in [5.74, 6) is 0.278. The van der Waals surface area contributed by atoms with Crippen LogP contribution in [-0.2, 0) is 16.1 Å². The van der Waals surface area contributed by atoms with Crippen molar-refractivity contribution >= 4 is 11.8 Å². The number of hydrogen-bond donors (Lipinski definition) is 1. The number of aryl methyl sites for hydroxylation is 1. The molecule has 5 heteroatoms. The Kier molecular flexibility index (Phi) is 4.37. The van der Waals surface area contributed by atoms with Gasteiger partial charge in [-0.1, -0.05) is 19.9 Å². The average molecular weight is 275 g/mol. The standard InChI is InChI=1S/C15H21N3O2/c1-10(2)4-13-15(20)18(9-14(19)17-13)8-12-5-11(3)6-16-7-12/h5-7,10,13H,4,8-9H2,1-3H3,(H,17,19). The van der Waals surface area contributed by atoms with Gasteiger partial charge >= 0.3 is 0 Å². The van der Waals surface area contributed by atoms with E-state index in [2.05, 4.69) is 10.3 Å². The lowest BCUT2D eigenvalue weighted by Gasteiger charge is -2.33. The fourth-order valence-corrected chi connectivity index (χ4v) is 2.46. The summed E-state index contributed by atoms with van der Waals surface area (Å²) in [6, 6.07) is 1.60. The first kappa shape index (κ1) is 14.5. The van der Waals surface area contributed by atoms with Gasteiger partial charge in [-0.15, -0.1) is 0 Å². The molecule has 1 aliphatic rings. The Hall–Kier alpha value is -1.91. The van der Waals surface area contributed by atoms with Gasteiger partial charge in [0, 0.05) is 18.9 Å². The van der Waals surface area contributed by atoms with Crippen LogP contribution in [0.5, 0.6) is 0 Å². The predicted molar refractivity (Wildman–Crippen MR) is 75.8 cm³/mol. The van der Waals surface area contributed by atoms with E-state index in [1.165, 1.54) is 0 Å². The number of amides is 2. The first-order chi connectivity index (χ1) is 9.45. The number of pyridine rings is 1. The van der Waals surface area contributed by atoms with Crippen molar-refractivity contribution in [1.29, 1.82) is 0 Å². The lowest BCUT2D eigenvalue weighted by Crippen LogP contribution is -2.57. The van der Waals surface area contributed by atoms with Gasteiger partial charge in [0.05, 0.1) is 6.54 Å². The maximum Gasteiger partial charge on any atom is 0.245 e. The number of aromatic nitrogens is 1. The van der Waals surface area contributed by atoms with Crippen LogP contribution in [0.2, 0.25) is 0 Å². The molecule has 1 N–H and O–H groups in total. The second kappa shape index (κ2) is 6.03. The van der Waals surface area contributed by atoms with E-state index >= 15 is 0 Å². The number of hydrogen-bond acceptors (Lipinski definition) is 3. The molecule has 2 heterocycles. The normalized spacial score (nSPS) is 19.4. The summed E-state index contributed by atoms with van der Waals surface area (Å²) in [6.45, 7) is 6.62. The van der Waals surface area contributed by atoms with Gasteiger partial charge in [0.1, 0.15) is 6.04 Å². The molecule has 0 aromatic carbocycles. The Morgan fingerprint density at radius 2 is 2.15 bits per heavy atom. The van der Waals surface area contributed by atoms with Crippen LogP contribution in [0, 0.1) is 12.8 Å².